The average Bonchev–Trinajstić information content (AvgIpc) is 2.34. The number of aliphatic imine (C=N–C) groups is 1. The van der Waals surface area contributed by atoms with E-state index in [2.05, 4.69) is 33.2 Å². The van der Waals surface area contributed by atoms with Gasteiger partial charge in [0.25, 0.3) is 0 Å². The summed E-state index contributed by atoms with van der Waals surface area (Å²) in [7, 11) is 1.65. The zero-order chi connectivity index (χ0) is 12.7. The van der Waals surface area contributed by atoms with E-state index in [0.29, 0.717) is 12.5 Å². The number of halogens is 1. The number of rotatable bonds is 5. The second-order valence-electron chi connectivity index (χ2n) is 3.58. The Bertz CT molecular complexity index is 393. The Labute approximate surface area is 110 Å². The number of guanidine groups is 1. The fraction of sp³-hybridized carbons (Fsp3) is 0.417. The van der Waals surface area contributed by atoms with Gasteiger partial charge in [-0.3, -0.25) is 0 Å². The van der Waals surface area contributed by atoms with E-state index >= 15 is 0 Å². The topological polar surface area (TPSA) is 59.6 Å². The summed E-state index contributed by atoms with van der Waals surface area (Å²) in [6, 6.07) is 5.82. The molecule has 5 heteroatoms. The predicted octanol–water partition coefficient (Wildman–Crippen LogP) is 2.27. The number of benzene rings is 1. The van der Waals surface area contributed by atoms with E-state index in [4.69, 9.17) is 10.5 Å². The zero-order valence-corrected chi connectivity index (χ0v) is 11.8. The van der Waals surface area contributed by atoms with Crippen molar-refractivity contribution in [2.24, 2.45) is 10.7 Å². The summed E-state index contributed by atoms with van der Waals surface area (Å²) in [4.78, 5) is 4.26. The molecule has 3 N–H and O–H groups in total. The highest BCUT2D eigenvalue weighted by Gasteiger charge is 2.03. The Morgan fingerprint density at radius 1 is 1.53 bits per heavy atom. The smallest absolute Gasteiger partial charge is 0.188 e. The summed E-state index contributed by atoms with van der Waals surface area (Å²) in [5, 5.41) is 3.03. The first-order chi connectivity index (χ1) is 8.17. The zero-order valence-electron chi connectivity index (χ0n) is 10.2. The van der Waals surface area contributed by atoms with Crippen LogP contribution in [-0.2, 0) is 6.54 Å². The van der Waals surface area contributed by atoms with Gasteiger partial charge >= 0.3 is 0 Å². The second kappa shape index (κ2) is 7.17. The van der Waals surface area contributed by atoms with Crippen LogP contribution in [0.3, 0.4) is 0 Å². The highest BCUT2D eigenvalue weighted by atomic mass is 79.9. The number of methoxy groups -OCH3 is 1. The van der Waals surface area contributed by atoms with Gasteiger partial charge in [0.05, 0.1) is 13.7 Å². The quantitative estimate of drug-likeness (QED) is 0.648. The van der Waals surface area contributed by atoms with Gasteiger partial charge in [0, 0.05) is 16.6 Å². The molecule has 94 valence electrons. The van der Waals surface area contributed by atoms with Gasteiger partial charge in [0.15, 0.2) is 5.96 Å². The lowest BCUT2D eigenvalue weighted by Gasteiger charge is -2.08. The van der Waals surface area contributed by atoms with E-state index in [-0.39, 0.29) is 0 Å². The normalized spacial score (nSPS) is 11.4. The van der Waals surface area contributed by atoms with Gasteiger partial charge in [-0.2, -0.15) is 0 Å². The van der Waals surface area contributed by atoms with E-state index in [9.17, 15) is 0 Å². The van der Waals surface area contributed by atoms with Crippen molar-refractivity contribution in [3.05, 3.63) is 28.2 Å². The van der Waals surface area contributed by atoms with E-state index < -0.39 is 0 Å². The molecule has 0 saturated carbocycles. The average molecular weight is 300 g/mol. The van der Waals surface area contributed by atoms with Crippen molar-refractivity contribution in [2.45, 2.75) is 19.9 Å². The molecular weight excluding hydrogens is 282 g/mol. The Hall–Kier alpha value is -1.23. The molecule has 0 aliphatic rings. The number of nitrogens with zero attached hydrogens (tertiary/aromatic N) is 1. The van der Waals surface area contributed by atoms with Gasteiger partial charge < -0.3 is 15.8 Å². The molecule has 0 radical (unpaired) electrons. The van der Waals surface area contributed by atoms with Crippen LogP contribution < -0.4 is 15.8 Å². The maximum Gasteiger partial charge on any atom is 0.188 e. The van der Waals surface area contributed by atoms with Gasteiger partial charge in [-0.1, -0.05) is 22.9 Å². The minimum Gasteiger partial charge on any atom is -0.496 e. The molecule has 0 saturated heterocycles. The number of ether oxygens (including phenoxy) is 1. The maximum atomic E-state index is 5.72. The van der Waals surface area contributed by atoms with E-state index in [0.717, 1.165) is 28.8 Å². The van der Waals surface area contributed by atoms with Crippen molar-refractivity contribution in [1.29, 1.82) is 0 Å². The largest absolute Gasteiger partial charge is 0.496 e. The van der Waals surface area contributed by atoms with Crippen LogP contribution in [-0.4, -0.2) is 19.6 Å². The van der Waals surface area contributed by atoms with Crippen molar-refractivity contribution in [3.8, 4) is 5.75 Å². The number of hydrogen-bond acceptors (Lipinski definition) is 2. The number of hydrogen-bond donors (Lipinski definition) is 2. The monoisotopic (exact) mass is 299 g/mol. The van der Waals surface area contributed by atoms with Crippen LogP contribution in [0.15, 0.2) is 27.7 Å². The molecular formula is C12H18BrN3O. The third kappa shape index (κ3) is 4.65. The standard InChI is InChI=1S/C12H18BrN3O/c1-3-6-15-12(14)16-8-9-7-10(13)4-5-11(9)17-2/h4-5,7H,3,6,8H2,1-2H3,(H3,14,15,16). The van der Waals surface area contributed by atoms with Crippen LogP contribution in [0.5, 0.6) is 5.75 Å². The molecule has 17 heavy (non-hydrogen) atoms. The van der Waals surface area contributed by atoms with Gasteiger partial charge in [-0.15, -0.1) is 0 Å². The summed E-state index contributed by atoms with van der Waals surface area (Å²) in [6.45, 7) is 3.42. The SMILES string of the molecule is CCCNC(N)=NCc1cc(Br)ccc1OC. The Balaban J connectivity index is 2.70. The summed E-state index contributed by atoms with van der Waals surface area (Å²) in [5.74, 6) is 1.29. The van der Waals surface area contributed by atoms with Crippen molar-refractivity contribution in [3.63, 3.8) is 0 Å². The summed E-state index contributed by atoms with van der Waals surface area (Å²) < 4.78 is 6.27. The van der Waals surface area contributed by atoms with E-state index in [1.165, 1.54) is 0 Å². The first-order valence-electron chi connectivity index (χ1n) is 5.53. The van der Waals surface area contributed by atoms with Gasteiger partial charge in [0.1, 0.15) is 5.75 Å². The molecule has 0 bridgehead atoms. The molecule has 0 aromatic heterocycles. The van der Waals surface area contributed by atoms with E-state index in [1.54, 1.807) is 7.11 Å². The van der Waals surface area contributed by atoms with E-state index in [1.807, 2.05) is 18.2 Å². The highest BCUT2D eigenvalue weighted by molar-refractivity contribution is 9.10. The molecule has 0 atom stereocenters. The molecule has 0 heterocycles. The third-order valence-corrected chi connectivity index (χ3v) is 2.71. The molecule has 1 rings (SSSR count). The summed E-state index contributed by atoms with van der Waals surface area (Å²) in [5.41, 5.74) is 6.73. The van der Waals surface area contributed by atoms with Crippen LogP contribution in [0.4, 0.5) is 0 Å². The lowest BCUT2D eigenvalue weighted by atomic mass is 10.2. The second-order valence-corrected chi connectivity index (χ2v) is 4.50. The van der Waals surface area contributed by atoms with Gasteiger partial charge in [-0.05, 0) is 24.6 Å². The van der Waals surface area contributed by atoms with Gasteiger partial charge in [0.2, 0.25) is 0 Å². The Kier molecular flexibility index (Phi) is 5.83. The van der Waals surface area contributed by atoms with Crippen LogP contribution in [0.25, 0.3) is 0 Å². The van der Waals surface area contributed by atoms with Crippen LogP contribution in [0.2, 0.25) is 0 Å². The van der Waals surface area contributed by atoms with Crippen LogP contribution in [0, 0.1) is 0 Å². The fourth-order valence-electron chi connectivity index (χ4n) is 1.35. The van der Waals surface area contributed by atoms with Crippen molar-refractivity contribution < 1.29 is 4.74 Å². The molecule has 4 nitrogen and oxygen atoms in total. The maximum absolute atomic E-state index is 5.72. The van der Waals surface area contributed by atoms with Crippen LogP contribution in [0.1, 0.15) is 18.9 Å². The summed E-state index contributed by atoms with van der Waals surface area (Å²) in [6.07, 6.45) is 1.02. The molecule has 1 aromatic carbocycles. The van der Waals surface area contributed by atoms with Crippen molar-refractivity contribution in [2.75, 3.05) is 13.7 Å². The van der Waals surface area contributed by atoms with Crippen molar-refractivity contribution >= 4 is 21.9 Å². The lowest BCUT2D eigenvalue weighted by molar-refractivity contribution is 0.410. The fourth-order valence-corrected chi connectivity index (χ4v) is 1.76. The molecule has 0 aliphatic heterocycles. The highest BCUT2D eigenvalue weighted by Crippen LogP contribution is 2.23. The molecule has 0 amide bonds. The van der Waals surface area contributed by atoms with Crippen molar-refractivity contribution in [1.82, 2.24) is 5.32 Å². The molecule has 1 aromatic rings. The predicted molar refractivity (Wildman–Crippen MR) is 74.3 cm³/mol. The molecule has 0 fully saturated rings. The van der Waals surface area contributed by atoms with Gasteiger partial charge in [-0.25, -0.2) is 4.99 Å². The number of nitrogens with two attached hydrogens (primary N) is 1. The lowest BCUT2D eigenvalue weighted by Crippen LogP contribution is -2.32. The van der Waals surface area contributed by atoms with Crippen LogP contribution >= 0.6 is 15.9 Å². The first kappa shape index (κ1) is 13.8. The molecule has 0 unspecified atom stereocenters. The molecule has 0 spiro atoms. The minimum absolute atomic E-state index is 0.467. The minimum atomic E-state index is 0.467. The first-order valence-corrected chi connectivity index (χ1v) is 6.33. The third-order valence-electron chi connectivity index (χ3n) is 2.22. The Morgan fingerprint density at radius 3 is 2.94 bits per heavy atom. The summed E-state index contributed by atoms with van der Waals surface area (Å²) >= 11 is 3.42. The number of nitrogens with one attached hydrogen (secondary N) is 1. The Morgan fingerprint density at radius 2 is 2.29 bits per heavy atom. The molecule has 0 aliphatic carbocycles.